The molecular weight excluding hydrogens is 228 g/mol. The Morgan fingerprint density at radius 1 is 1.50 bits per heavy atom. The van der Waals surface area contributed by atoms with Gasteiger partial charge in [0.05, 0.1) is 6.10 Å². The fourth-order valence-corrected chi connectivity index (χ4v) is 2.23. The van der Waals surface area contributed by atoms with Crippen molar-refractivity contribution in [2.45, 2.75) is 58.6 Å². The molecule has 4 nitrogen and oxygen atoms in total. The molecule has 1 aliphatic rings. The molecule has 1 fully saturated rings. The fourth-order valence-electron chi connectivity index (χ4n) is 2.23. The molecule has 0 saturated carbocycles. The van der Waals surface area contributed by atoms with Gasteiger partial charge >= 0.3 is 0 Å². The minimum atomic E-state index is 0.263. The highest BCUT2D eigenvalue weighted by molar-refractivity contribution is 5.76. The Balaban J connectivity index is 2.19. The number of nitrogens with zero attached hydrogens (tertiary/aromatic N) is 1. The molecule has 1 amide bonds. The molecule has 1 heterocycles. The van der Waals surface area contributed by atoms with Crippen molar-refractivity contribution in [3.8, 4) is 0 Å². The number of amides is 1. The molecule has 1 unspecified atom stereocenters. The number of nitrogens with one attached hydrogen (secondary N) is 1. The van der Waals surface area contributed by atoms with Crippen molar-refractivity contribution in [1.82, 2.24) is 10.2 Å². The molecule has 4 heteroatoms. The number of ether oxygens (including phenoxy) is 1. The van der Waals surface area contributed by atoms with Crippen LogP contribution in [-0.2, 0) is 9.53 Å². The molecule has 0 aromatic heterocycles. The maximum Gasteiger partial charge on any atom is 0.222 e. The lowest BCUT2D eigenvalue weighted by atomic mass is 10.2. The van der Waals surface area contributed by atoms with Crippen molar-refractivity contribution in [1.29, 1.82) is 0 Å². The highest BCUT2D eigenvalue weighted by atomic mass is 16.5. The van der Waals surface area contributed by atoms with Crippen LogP contribution in [-0.4, -0.2) is 49.2 Å². The van der Waals surface area contributed by atoms with Gasteiger partial charge in [0.15, 0.2) is 0 Å². The standard InChI is InChI=1S/C14H28N2O2/c1-4-16(11-13-7-6-10-18-13)14(17)8-5-9-15-12(2)3/h12-13,15H,4-11H2,1-3H3. The van der Waals surface area contributed by atoms with Gasteiger partial charge in [-0.2, -0.15) is 0 Å². The second kappa shape index (κ2) is 8.48. The van der Waals surface area contributed by atoms with Crippen LogP contribution in [0.15, 0.2) is 0 Å². The van der Waals surface area contributed by atoms with Gasteiger partial charge in [0.25, 0.3) is 0 Å². The summed E-state index contributed by atoms with van der Waals surface area (Å²) in [5.74, 6) is 0.263. The monoisotopic (exact) mass is 256 g/mol. The van der Waals surface area contributed by atoms with E-state index in [1.54, 1.807) is 0 Å². The first-order valence-electron chi connectivity index (χ1n) is 7.26. The second-order valence-electron chi connectivity index (χ2n) is 5.28. The van der Waals surface area contributed by atoms with E-state index in [9.17, 15) is 4.79 Å². The Hall–Kier alpha value is -0.610. The van der Waals surface area contributed by atoms with Crippen molar-refractivity contribution < 1.29 is 9.53 Å². The zero-order chi connectivity index (χ0) is 13.4. The maximum atomic E-state index is 12.0. The van der Waals surface area contributed by atoms with Gasteiger partial charge in [0.1, 0.15) is 0 Å². The molecule has 0 aliphatic carbocycles. The zero-order valence-corrected chi connectivity index (χ0v) is 12.1. The van der Waals surface area contributed by atoms with Gasteiger partial charge in [0, 0.05) is 32.2 Å². The summed E-state index contributed by atoms with van der Waals surface area (Å²) >= 11 is 0. The van der Waals surface area contributed by atoms with E-state index >= 15 is 0 Å². The molecule has 106 valence electrons. The summed E-state index contributed by atoms with van der Waals surface area (Å²) < 4.78 is 5.59. The lowest BCUT2D eigenvalue weighted by Crippen LogP contribution is -2.37. The van der Waals surface area contributed by atoms with Crippen LogP contribution in [0.4, 0.5) is 0 Å². The Morgan fingerprint density at radius 3 is 2.83 bits per heavy atom. The van der Waals surface area contributed by atoms with Gasteiger partial charge < -0.3 is 15.0 Å². The second-order valence-corrected chi connectivity index (χ2v) is 5.28. The Labute approximate surface area is 111 Å². The third-order valence-electron chi connectivity index (χ3n) is 3.30. The lowest BCUT2D eigenvalue weighted by Gasteiger charge is -2.24. The van der Waals surface area contributed by atoms with Gasteiger partial charge in [-0.25, -0.2) is 0 Å². The van der Waals surface area contributed by atoms with E-state index in [1.807, 2.05) is 11.8 Å². The Kier molecular flexibility index (Phi) is 7.28. The predicted molar refractivity (Wildman–Crippen MR) is 73.6 cm³/mol. The molecule has 1 N–H and O–H groups in total. The molecule has 0 spiro atoms. The van der Waals surface area contributed by atoms with E-state index in [0.29, 0.717) is 12.5 Å². The first-order valence-corrected chi connectivity index (χ1v) is 7.26. The first-order chi connectivity index (χ1) is 8.63. The topological polar surface area (TPSA) is 41.6 Å². The van der Waals surface area contributed by atoms with Gasteiger partial charge in [-0.3, -0.25) is 4.79 Å². The molecular formula is C14H28N2O2. The SMILES string of the molecule is CCN(CC1CCCO1)C(=O)CCCNC(C)C. The summed E-state index contributed by atoms with van der Waals surface area (Å²) in [6.45, 7) is 9.62. The quantitative estimate of drug-likeness (QED) is 0.673. The highest BCUT2D eigenvalue weighted by Crippen LogP contribution is 2.13. The van der Waals surface area contributed by atoms with Crippen molar-refractivity contribution in [3.63, 3.8) is 0 Å². The van der Waals surface area contributed by atoms with E-state index in [4.69, 9.17) is 4.74 Å². The number of likely N-dealkylation sites (N-methyl/N-ethyl adjacent to an activating group) is 1. The molecule has 0 aromatic carbocycles. The van der Waals surface area contributed by atoms with E-state index in [-0.39, 0.29) is 12.0 Å². The third kappa shape index (κ3) is 5.83. The van der Waals surface area contributed by atoms with Crippen molar-refractivity contribution in [3.05, 3.63) is 0 Å². The normalized spacial score (nSPS) is 19.4. The van der Waals surface area contributed by atoms with E-state index in [0.717, 1.165) is 45.5 Å². The molecule has 0 radical (unpaired) electrons. The van der Waals surface area contributed by atoms with Crippen LogP contribution in [0.25, 0.3) is 0 Å². The van der Waals surface area contributed by atoms with E-state index < -0.39 is 0 Å². The summed E-state index contributed by atoms with van der Waals surface area (Å²) in [5, 5.41) is 3.34. The van der Waals surface area contributed by atoms with Crippen LogP contribution in [0.1, 0.15) is 46.5 Å². The molecule has 0 aromatic rings. The Bertz CT molecular complexity index is 238. The summed E-state index contributed by atoms with van der Waals surface area (Å²) in [7, 11) is 0. The summed E-state index contributed by atoms with van der Waals surface area (Å²) in [4.78, 5) is 14.0. The maximum absolute atomic E-state index is 12.0. The van der Waals surface area contributed by atoms with Crippen LogP contribution >= 0.6 is 0 Å². The van der Waals surface area contributed by atoms with Crippen molar-refractivity contribution in [2.24, 2.45) is 0 Å². The molecule has 1 atom stereocenters. The third-order valence-corrected chi connectivity index (χ3v) is 3.30. The number of carbonyl (C=O) groups is 1. The predicted octanol–water partition coefficient (Wildman–Crippen LogP) is 1.79. The zero-order valence-electron chi connectivity index (χ0n) is 12.1. The summed E-state index contributed by atoms with van der Waals surface area (Å²) in [6.07, 6.45) is 4.05. The molecule has 1 aliphatic heterocycles. The molecule has 1 rings (SSSR count). The van der Waals surface area contributed by atoms with Crippen LogP contribution < -0.4 is 5.32 Å². The van der Waals surface area contributed by atoms with Crippen LogP contribution in [0.3, 0.4) is 0 Å². The summed E-state index contributed by atoms with van der Waals surface area (Å²) in [6, 6.07) is 0.495. The highest BCUT2D eigenvalue weighted by Gasteiger charge is 2.21. The van der Waals surface area contributed by atoms with Gasteiger partial charge in [-0.15, -0.1) is 0 Å². The van der Waals surface area contributed by atoms with Gasteiger partial charge in [-0.05, 0) is 32.7 Å². The molecule has 1 saturated heterocycles. The number of carbonyl (C=O) groups excluding carboxylic acids is 1. The fraction of sp³-hybridized carbons (Fsp3) is 0.929. The summed E-state index contributed by atoms with van der Waals surface area (Å²) in [5.41, 5.74) is 0. The van der Waals surface area contributed by atoms with Crippen LogP contribution in [0, 0.1) is 0 Å². The van der Waals surface area contributed by atoms with Crippen LogP contribution in [0.5, 0.6) is 0 Å². The van der Waals surface area contributed by atoms with Gasteiger partial charge in [-0.1, -0.05) is 13.8 Å². The van der Waals surface area contributed by atoms with Crippen LogP contribution in [0.2, 0.25) is 0 Å². The smallest absolute Gasteiger partial charge is 0.222 e. The van der Waals surface area contributed by atoms with E-state index in [2.05, 4.69) is 19.2 Å². The minimum absolute atomic E-state index is 0.263. The van der Waals surface area contributed by atoms with E-state index in [1.165, 1.54) is 0 Å². The molecule has 18 heavy (non-hydrogen) atoms. The average molecular weight is 256 g/mol. The van der Waals surface area contributed by atoms with Crippen molar-refractivity contribution >= 4 is 5.91 Å². The Morgan fingerprint density at radius 2 is 2.28 bits per heavy atom. The van der Waals surface area contributed by atoms with Gasteiger partial charge in [0.2, 0.25) is 5.91 Å². The molecule has 0 bridgehead atoms. The first kappa shape index (κ1) is 15.4. The lowest BCUT2D eigenvalue weighted by molar-refractivity contribution is -0.132. The number of hydrogen-bond acceptors (Lipinski definition) is 3. The number of hydrogen-bond donors (Lipinski definition) is 1. The largest absolute Gasteiger partial charge is 0.376 e. The minimum Gasteiger partial charge on any atom is -0.376 e. The average Bonchev–Trinajstić information content (AvgIpc) is 2.84. The number of rotatable bonds is 8. The van der Waals surface area contributed by atoms with Crippen molar-refractivity contribution in [2.75, 3.05) is 26.2 Å².